The average molecular weight is 336 g/mol. The fourth-order valence-corrected chi connectivity index (χ4v) is 2.53. The van der Waals surface area contributed by atoms with Gasteiger partial charge in [0.2, 0.25) is 10.0 Å². The summed E-state index contributed by atoms with van der Waals surface area (Å²) in [5, 5.41) is 7.34. The summed E-state index contributed by atoms with van der Waals surface area (Å²) in [6, 6.07) is 2.68. The van der Waals surface area contributed by atoms with E-state index in [0.29, 0.717) is 6.42 Å². The molecule has 0 aliphatic carbocycles. The fourth-order valence-electron chi connectivity index (χ4n) is 1.52. The van der Waals surface area contributed by atoms with E-state index in [1.165, 1.54) is 0 Å². The maximum atomic E-state index is 13.3. The van der Waals surface area contributed by atoms with E-state index in [1.807, 2.05) is 0 Å². The normalized spacial score (nSPS) is 14.5. The van der Waals surface area contributed by atoms with Crippen LogP contribution in [0.3, 0.4) is 0 Å². The molecule has 0 fully saturated rings. The highest BCUT2D eigenvalue weighted by Crippen LogP contribution is 2.13. The molecule has 0 aromatic heterocycles. The van der Waals surface area contributed by atoms with E-state index in [2.05, 4.69) is 5.32 Å². The summed E-state index contributed by atoms with van der Waals surface area (Å²) < 4.78 is 46.9. The second-order valence-electron chi connectivity index (χ2n) is 4.57. The van der Waals surface area contributed by atoms with Gasteiger partial charge in [0.25, 0.3) is 5.91 Å². The summed E-state index contributed by atoms with van der Waals surface area (Å²) in [6.45, 7) is 2.03. The van der Waals surface area contributed by atoms with Crippen LogP contribution in [0.5, 0.6) is 0 Å². The maximum absolute atomic E-state index is 13.3. The molecule has 9 heteroatoms. The molecule has 0 heterocycles. The molecular weight excluding hydrogens is 319 g/mol. The average Bonchev–Trinajstić information content (AvgIpc) is 2.36. The van der Waals surface area contributed by atoms with Gasteiger partial charge < -0.3 is 5.32 Å². The first-order valence-electron chi connectivity index (χ1n) is 6.05. The zero-order valence-electron chi connectivity index (χ0n) is 11.6. The van der Waals surface area contributed by atoms with E-state index in [0.717, 1.165) is 18.2 Å². The lowest BCUT2D eigenvalue weighted by Crippen LogP contribution is -2.28. The molecule has 0 spiro atoms. The summed E-state index contributed by atoms with van der Waals surface area (Å²) in [7, 11) is -5.08. The Morgan fingerprint density at radius 3 is 2.57 bits per heavy atom. The third-order valence-electron chi connectivity index (χ3n) is 2.87. The molecule has 2 atom stereocenters. The van der Waals surface area contributed by atoms with Crippen LogP contribution in [0.2, 0.25) is 0 Å². The van der Waals surface area contributed by atoms with E-state index >= 15 is 0 Å². The molecular formula is C12H17FN2O4S2. The van der Waals surface area contributed by atoms with E-state index in [9.17, 15) is 21.8 Å². The van der Waals surface area contributed by atoms with Crippen molar-refractivity contribution in [3.63, 3.8) is 0 Å². The number of nitrogens with two attached hydrogens (primary N) is 1. The Balaban J connectivity index is 2.79. The number of rotatable bonds is 6. The molecule has 6 nitrogen and oxygen atoms in total. The lowest BCUT2D eigenvalue weighted by atomic mass is 10.2. The summed E-state index contributed by atoms with van der Waals surface area (Å²) >= 11 is 0. The fraction of sp³-hybridized carbons (Fsp3) is 0.417. The van der Waals surface area contributed by atoms with Crippen LogP contribution in [0.25, 0.3) is 0 Å². The number of benzene rings is 1. The van der Waals surface area contributed by atoms with Crippen LogP contribution in [0.15, 0.2) is 23.1 Å². The first-order valence-corrected chi connectivity index (χ1v) is 9.22. The lowest BCUT2D eigenvalue weighted by molar-refractivity contribution is 0.0952. The number of hydrogen-bond donors (Lipinski definition) is 2. The Hall–Kier alpha value is -1.32. The largest absolute Gasteiger partial charge is 0.352 e. The van der Waals surface area contributed by atoms with Gasteiger partial charge in [-0.2, -0.15) is 0 Å². The minimum absolute atomic E-state index is 0.0854. The predicted octanol–water partition coefficient (Wildman–Crippen LogP) is 0.360. The number of carbonyl (C=O) groups excluding carboxylic acids is 1. The van der Waals surface area contributed by atoms with Gasteiger partial charge in [0.15, 0.2) is 0 Å². The smallest absolute Gasteiger partial charge is 0.251 e. The van der Waals surface area contributed by atoms with Crippen LogP contribution in [-0.2, 0) is 20.8 Å². The number of halogens is 1. The van der Waals surface area contributed by atoms with E-state index in [-0.39, 0.29) is 17.4 Å². The molecule has 0 saturated carbocycles. The predicted molar refractivity (Wildman–Crippen MR) is 78.3 cm³/mol. The van der Waals surface area contributed by atoms with Crippen molar-refractivity contribution in [1.82, 2.24) is 5.32 Å². The van der Waals surface area contributed by atoms with Crippen molar-refractivity contribution in [2.75, 3.05) is 12.8 Å². The van der Waals surface area contributed by atoms with Crippen LogP contribution in [0.4, 0.5) is 4.39 Å². The Morgan fingerprint density at radius 2 is 2.05 bits per heavy atom. The van der Waals surface area contributed by atoms with Gasteiger partial charge in [-0.25, -0.2) is 17.9 Å². The maximum Gasteiger partial charge on any atom is 0.251 e. The Bertz CT molecular complexity index is 661. The molecule has 1 aromatic carbocycles. The Labute approximate surface area is 125 Å². The number of carbonyl (C=O) groups is 1. The van der Waals surface area contributed by atoms with Gasteiger partial charge in [0, 0.05) is 34.4 Å². The standard InChI is InChI=1S/C12H17FN2O4S2/c1-8(20(2)17)3-4-15-12(16)9-5-10(13)7-11(6-9)21(14,18)19/h5-8H,3-4H2,1-2H3,(H,15,16)(H2,14,18,19). The van der Waals surface area contributed by atoms with Gasteiger partial charge >= 0.3 is 0 Å². The van der Waals surface area contributed by atoms with Crippen LogP contribution in [0.1, 0.15) is 23.7 Å². The minimum Gasteiger partial charge on any atom is -0.352 e. The van der Waals surface area contributed by atoms with Crippen molar-refractivity contribution in [2.45, 2.75) is 23.5 Å². The SMILES string of the molecule is CC(CCNC(=O)c1cc(F)cc(S(N)(=O)=O)c1)S(C)=O. The number of hydrogen-bond acceptors (Lipinski definition) is 4. The monoisotopic (exact) mass is 336 g/mol. The van der Waals surface area contributed by atoms with Crippen LogP contribution < -0.4 is 10.5 Å². The summed E-state index contributed by atoms with van der Waals surface area (Å²) in [6.07, 6.45) is 2.06. The Kier molecular flexibility index (Phi) is 5.99. The van der Waals surface area contributed by atoms with Crippen molar-refractivity contribution in [3.05, 3.63) is 29.6 Å². The quantitative estimate of drug-likeness (QED) is 0.782. The molecule has 1 aromatic rings. The molecule has 2 unspecified atom stereocenters. The van der Waals surface area contributed by atoms with E-state index in [1.54, 1.807) is 13.2 Å². The molecule has 0 saturated heterocycles. The van der Waals surface area contributed by atoms with Crippen molar-refractivity contribution in [3.8, 4) is 0 Å². The van der Waals surface area contributed by atoms with Crippen molar-refractivity contribution >= 4 is 26.7 Å². The molecule has 21 heavy (non-hydrogen) atoms. The number of primary sulfonamides is 1. The minimum atomic E-state index is -4.09. The molecule has 1 rings (SSSR count). The van der Waals surface area contributed by atoms with Crippen molar-refractivity contribution in [2.24, 2.45) is 5.14 Å². The van der Waals surface area contributed by atoms with E-state index < -0.39 is 37.4 Å². The summed E-state index contributed by atoms with van der Waals surface area (Å²) in [5.74, 6) is -1.48. The zero-order valence-corrected chi connectivity index (χ0v) is 13.3. The molecule has 0 aliphatic heterocycles. The summed E-state index contributed by atoms with van der Waals surface area (Å²) in [4.78, 5) is 11.4. The van der Waals surface area contributed by atoms with Crippen molar-refractivity contribution < 1.29 is 21.8 Å². The molecule has 0 bridgehead atoms. The third kappa shape index (κ3) is 5.52. The van der Waals surface area contributed by atoms with Gasteiger partial charge in [-0.15, -0.1) is 0 Å². The van der Waals surface area contributed by atoms with Crippen LogP contribution in [-0.4, -0.2) is 36.6 Å². The first-order chi connectivity index (χ1) is 9.61. The number of nitrogens with one attached hydrogen (secondary N) is 1. The van der Waals surface area contributed by atoms with Gasteiger partial charge in [-0.1, -0.05) is 6.92 Å². The van der Waals surface area contributed by atoms with Gasteiger partial charge in [-0.3, -0.25) is 9.00 Å². The molecule has 1 amide bonds. The van der Waals surface area contributed by atoms with Crippen LogP contribution >= 0.6 is 0 Å². The van der Waals surface area contributed by atoms with Crippen LogP contribution in [0, 0.1) is 5.82 Å². The van der Waals surface area contributed by atoms with Gasteiger partial charge in [0.05, 0.1) is 4.90 Å². The highest BCUT2D eigenvalue weighted by Gasteiger charge is 2.15. The number of amides is 1. The zero-order chi connectivity index (χ0) is 16.2. The lowest BCUT2D eigenvalue weighted by Gasteiger charge is -2.10. The molecule has 3 N–H and O–H groups in total. The summed E-state index contributed by atoms with van der Waals surface area (Å²) in [5.41, 5.74) is -0.135. The second-order valence-corrected chi connectivity index (χ2v) is 7.94. The highest BCUT2D eigenvalue weighted by molar-refractivity contribution is 7.89. The van der Waals surface area contributed by atoms with Gasteiger partial charge in [-0.05, 0) is 24.6 Å². The van der Waals surface area contributed by atoms with Crippen molar-refractivity contribution in [1.29, 1.82) is 0 Å². The molecule has 0 radical (unpaired) electrons. The third-order valence-corrected chi connectivity index (χ3v) is 5.13. The van der Waals surface area contributed by atoms with E-state index in [4.69, 9.17) is 5.14 Å². The molecule has 118 valence electrons. The molecule has 0 aliphatic rings. The highest BCUT2D eigenvalue weighted by atomic mass is 32.2. The number of sulfonamides is 1. The first kappa shape index (κ1) is 17.7. The second kappa shape index (κ2) is 7.10. The topological polar surface area (TPSA) is 106 Å². The Morgan fingerprint density at radius 1 is 1.43 bits per heavy atom. The van der Waals surface area contributed by atoms with Gasteiger partial charge in [0.1, 0.15) is 5.82 Å².